The van der Waals surface area contributed by atoms with Gasteiger partial charge in [-0.05, 0) is 70.4 Å². The molecule has 10 N–H and O–H groups in total. The summed E-state index contributed by atoms with van der Waals surface area (Å²) >= 11 is 0. The van der Waals surface area contributed by atoms with Gasteiger partial charge in [0.2, 0.25) is 23.8 Å². The van der Waals surface area contributed by atoms with Gasteiger partial charge in [-0.15, -0.1) is 0 Å². The standard InChI is InChI=1S/C32H46N12O2/c1-22(45)37-20-8-16-35-14-7-15-36-17-9-21-39-29(46)25-12-6-11-24-27(23-10-2-3-13-26(23)41-28(24)25)38-18-4-5-19-40-32-43-30(33)42-31(34)44-32/h2-3,6,10-13,35-36H,4-5,7-9,14-21H2,1H3,(H,37,45)(H,38,41)(H,39,46)(H5,33,34,40,42,43,44). The Hall–Kier alpha value is -4.82. The number of pyridine rings is 1. The van der Waals surface area contributed by atoms with Crippen LogP contribution < -0.4 is 43.4 Å². The van der Waals surface area contributed by atoms with Crippen LogP contribution in [0.5, 0.6) is 0 Å². The van der Waals surface area contributed by atoms with Crippen LogP contribution in [0.4, 0.5) is 23.5 Å². The number of carbonyl (C=O) groups excluding carboxylic acids is 2. The fraction of sp³-hybridized carbons (Fsp3) is 0.438. The fourth-order valence-corrected chi connectivity index (χ4v) is 5.02. The number of hydrogen-bond acceptors (Lipinski definition) is 12. The fourth-order valence-electron chi connectivity index (χ4n) is 5.02. The first kappa shape index (κ1) is 34.1. The summed E-state index contributed by atoms with van der Waals surface area (Å²) in [6.45, 7) is 7.72. The van der Waals surface area contributed by atoms with Crippen molar-refractivity contribution in [1.82, 2.24) is 41.2 Å². The number of nitrogens with one attached hydrogen (secondary N) is 6. The van der Waals surface area contributed by atoms with Gasteiger partial charge in [-0.1, -0.05) is 30.3 Å². The number of benzene rings is 2. The van der Waals surface area contributed by atoms with E-state index in [4.69, 9.17) is 16.5 Å². The Balaban J connectivity index is 1.23. The molecular weight excluding hydrogens is 584 g/mol. The van der Waals surface area contributed by atoms with E-state index < -0.39 is 0 Å². The minimum absolute atomic E-state index is 0.00915. The summed E-state index contributed by atoms with van der Waals surface area (Å²) in [6, 6.07) is 13.7. The highest BCUT2D eigenvalue weighted by molar-refractivity contribution is 6.14. The molecule has 4 rings (SSSR count). The maximum absolute atomic E-state index is 13.3. The van der Waals surface area contributed by atoms with Crippen LogP contribution in [0.15, 0.2) is 42.5 Å². The van der Waals surface area contributed by atoms with Crippen LogP contribution in [-0.4, -0.2) is 84.1 Å². The van der Waals surface area contributed by atoms with Crippen LogP contribution in [0.3, 0.4) is 0 Å². The van der Waals surface area contributed by atoms with Gasteiger partial charge in [0, 0.05) is 43.9 Å². The summed E-state index contributed by atoms with van der Waals surface area (Å²) in [5, 5.41) is 21.3. The van der Waals surface area contributed by atoms with Crippen LogP contribution in [0.25, 0.3) is 21.8 Å². The molecular formula is C32H46N12O2. The number of nitrogens with zero attached hydrogens (tertiary/aromatic N) is 4. The smallest absolute Gasteiger partial charge is 0.253 e. The van der Waals surface area contributed by atoms with Gasteiger partial charge in [-0.2, -0.15) is 15.0 Å². The molecule has 2 aromatic heterocycles. The van der Waals surface area contributed by atoms with Crippen LogP contribution >= 0.6 is 0 Å². The Morgan fingerprint density at radius 3 is 1.93 bits per heavy atom. The molecule has 0 unspecified atom stereocenters. The van der Waals surface area contributed by atoms with Gasteiger partial charge < -0.3 is 43.4 Å². The van der Waals surface area contributed by atoms with E-state index in [1.54, 1.807) is 0 Å². The molecule has 4 aromatic rings. The van der Waals surface area contributed by atoms with Crippen LogP contribution in [0, 0.1) is 0 Å². The molecule has 0 fully saturated rings. The predicted molar refractivity (Wildman–Crippen MR) is 185 cm³/mol. The second kappa shape index (κ2) is 18.2. The second-order valence-electron chi connectivity index (χ2n) is 10.9. The minimum atomic E-state index is -0.131. The highest BCUT2D eigenvalue weighted by Crippen LogP contribution is 2.32. The summed E-state index contributed by atoms with van der Waals surface area (Å²) in [4.78, 5) is 40.9. The average molecular weight is 631 g/mol. The molecule has 0 atom stereocenters. The third kappa shape index (κ3) is 10.7. The zero-order valence-electron chi connectivity index (χ0n) is 26.5. The lowest BCUT2D eigenvalue weighted by Crippen LogP contribution is -2.29. The number of amides is 2. The van der Waals surface area contributed by atoms with Crippen molar-refractivity contribution in [2.45, 2.75) is 39.0 Å². The molecule has 0 radical (unpaired) electrons. The van der Waals surface area contributed by atoms with E-state index in [1.165, 1.54) is 6.92 Å². The number of carbonyl (C=O) groups is 2. The quantitative estimate of drug-likeness (QED) is 0.0522. The van der Waals surface area contributed by atoms with Crippen molar-refractivity contribution in [2.75, 3.05) is 74.5 Å². The van der Waals surface area contributed by atoms with Crippen LogP contribution in [0.1, 0.15) is 49.4 Å². The number of nitrogens with two attached hydrogens (primary N) is 2. The third-order valence-corrected chi connectivity index (χ3v) is 7.24. The maximum Gasteiger partial charge on any atom is 0.253 e. The van der Waals surface area contributed by atoms with Gasteiger partial charge in [0.1, 0.15) is 0 Å². The Bertz CT molecular complexity index is 1560. The Morgan fingerprint density at radius 1 is 0.630 bits per heavy atom. The normalized spacial score (nSPS) is 11.1. The van der Waals surface area contributed by atoms with Crippen molar-refractivity contribution >= 4 is 57.2 Å². The van der Waals surface area contributed by atoms with Crippen LogP contribution in [-0.2, 0) is 4.79 Å². The molecule has 46 heavy (non-hydrogen) atoms. The van der Waals surface area contributed by atoms with E-state index in [1.807, 2.05) is 42.5 Å². The summed E-state index contributed by atoms with van der Waals surface area (Å²) < 4.78 is 0. The first-order valence-corrected chi connectivity index (χ1v) is 15.9. The number of unbranched alkanes of at least 4 members (excludes halogenated alkanes) is 1. The largest absolute Gasteiger partial charge is 0.384 e. The molecule has 0 aliphatic rings. The minimum Gasteiger partial charge on any atom is -0.384 e. The molecule has 0 bridgehead atoms. The van der Waals surface area contributed by atoms with E-state index in [0.29, 0.717) is 36.7 Å². The Morgan fingerprint density at radius 2 is 1.24 bits per heavy atom. The number of anilines is 4. The lowest BCUT2D eigenvalue weighted by atomic mass is 10.0. The number of para-hydroxylation sites is 2. The monoisotopic (exact) mass is 630 g/mol. The summed E-state index contributed by atoms with van der Waals surface area (Å²) in [7, 11) is 0. The van der Waals surface area contributed by atoms with E-state index in [0.717, 1.165) is 86.8 Å². The number of aromatic nitrogens is 4. The highest BCUT2D eigenvalue weighted by Gasteiger charge is 2.15. The molecule has 0 aliphatic heterocycles. The van der Waals surface area contributed by atoms with Crippen molar-refractivity contribution in [3.8, 4) is 0 Å². The number of nitrogen functional groups attached to an aromatic ring is 2. The van der Waals surface area contributed by atoms with Gasteiger partial charge in [0.25, 0.3) is 5.91 Å². The molecule has 0 saturated heterocycles. The van der Waals surface area contributed by atoms with Crippen LogP contribution in [0.2, 0.25) is 0 Å². The van der Waals surface area contributed by atoms with Gasteiger partial charge >= 0.3 is 0 Å². The molecule has 14 nitrogen and oxygen atoms in total. The van der Waals surface area contributed by atoms with Crippen molar-refractivity contribution in [3.63, 3.8) is 0 Å². The molecule has 246 valence electrons. The first-order valence-electron chi connectivity index (χ1n) is 15.9. The molecule has 2 aromatic carbocycles. The van der Waals surface area contributed by atoms with Gasteiger partial charge in [-0.25, -0.2) is 4.98 Å². The predicted octanol–water partition coefficient (Wildman–Crippen LogP) is 2.26. The maximum atomic E-state index is 13.3. The van der Waals surface area contributed by atoms with Gasteiger partial charge in [-0.3, -0.25) is 9.59 Å². The lowest BCUT2D eigenvalue weighted by Gasteiger charge is -2.15. The number of hydrogen-bond donors (Lipinski definition) is 8. The number of fused-ring (bicyclic) bond motifs is 2. The molecule has 14 heteroatoms. The van der Waals surface area contributed by atoms with Crippen molar-refractivity contribution in [1.29, 1.82) is 0 Å². The second-order valence-corrected chi connectivity index (χ2v) is 10.9. The summed E-state index contributed by atoms with van der Waals surface area (Å²) in [5.74, 6) is 0.412. The topological polar surface area (TPSA) is 210 Å². The zero-order valence-corrected chi connectivity index (χ0v) is 26.5. The molecule has 2 amide bonds. The molecule has 0 saturated carbocycles. The lowest BCUT2D eigenvalue weighted by molar-refractivity contribution is -0.118. The van der Waals surface area contributed by atoms with E-state index >= 15 is 0 Å². The SMILES string of the molecule is CC(=O)NCCCNCCCNCCCNC(=O)c1cccc2c(NCCCCNc3nc(N)nc(N)n3)c3ccccc3nc12. The van der Waals surface area contributed by atoms with Crippen molar-refractivity contribution in [2.24, 2.45) is 0 Å². The average Bonchev–Trinajstić information content (AvgIpc) is 3.03. The van der Waals surface area contributed by atoms with E-state index in [2.05, 4.69) is 46.9 Å². The zero-order chi connectivity index (χ0) is 32.6. The highest BCUT2D eigenvalue weighted by atomic mass is 16.2. The van der Waals surface area contributed by atoms with E-state index in [-0.39, 0.29) is 23.7 Å². The molecule has 0 spiro atoms. The molecule has 2 heterocycles. The van der Waals surface area contributed by atoms with Gasteiger partial charge in [0.15, 0.2) is 0 Å². The third-order valence-electron chi connectivity index (χ3n) is 7.24. The number of rotatable bonds is 20. The van der Waals surface area contributed by atoms with Crippen molar-refractivity contribution < 1.29 is 9.59 Å². The first-order chi connectivity index (χ1) is 22.4. The summed E-state index contributed by atoms with van der Waals surface area (Å²) in [5.41, 5.74) is 14.3. The molecule has 0 aliphatic carbocycles. The summed E-state index contributed by atoms with van der Waals surface area (Å²) in [6.07, 6.45) is 4.50. The Labute approximate surface area is 269 Å². The van der Waals surface area contributed by atoms with Crippen molar-refractivity contribution in [3.05, 3.63) is 48.0 Å². The van der Waals surface area contributed by atoms with Gasteiger partial charge in [0.05, 0.1) is 22.3 Å². The van der Waals surface area contributed by atoms with E-state index in [9.17, 15) is 9.59 Å². The Kier molecular flexibility index (Phi) is 13.5.